The van der Waals surface area contributed by atoms with Gasteiger partial charge in [-0.2, -0.15) is 0 Å². The molecule has 1 saturated carbocycles. The summed E-state index contributed by atoms with van der Waals surface area (Å²) in [4.78, 5) is 31.0. The van der Waals surface area contributed by atoms with Crippen LogP contribution in [-0.2, 0) is 9.59 Å². The van der Waals surface area contributed by atoms with Crippen molar-refractivity contribution >= 4 is 28.3 Å². The van der Waals surface area contributed by atoms with Gasteiger partial charge >= 0.3 is 0 Å². The number of halogens is 1. The van der Waals surface area contributed by atoms with E-state index < -0.39 is 6.04 Å². The minimum Gasteiger partial charge on any atom is -0.330 e. The zero-order chi connectivity index (χ0) is 17.4. The van der Waals surface area contributed by atoms with E-state index in [-0.39, 0.29) is 23.5 Å². The van der Waals surface area contributed by atoms with Crippen molar-refractivity contribution in [3.8, 4) is 11.3 Å². The van der Waals surface area contributed by atoms with Gasteiger partial charge in [0, 0.05) is 23.4 Å². The highest BCUT2D eigenvalue weighted by Crippen LogP contribution is 2.34. The summed E-state index contributed by atoms with van der Waals surface area (Å²) in [6.07, 6.45) is 3.43. The Bertz CT molecular complexity index is 801. The lowest BCUT2D eigenvalue weighted by Gasteiger charge is -2.23. The summed E-state index contributed by atoms with van der Waals surface area (Å²) in [5.74, 6) is -0.234. The maximum atomic E-state index is 13.0. The van der Waals surface area contributed by atoms with E-state index in [1.807, 2.05) is 5.38 Å². The summed E-state index contributed by atoms with van der Waals surface area (Å²) in [5.41, 5.74) is 1.49. The summed E-state index contributed by atoms with van der Waals surface area (Å²) < 4.78 is 13.0. The maximum Gasteiger partial charge on any atom is 0.248 e. The van der Waals surface area contributed by atoms with Crippen molar-refractivity contribution in [1.82, 2.24) is 9.88 Å². The lowest BCUT2D eigenvalue weighted by Crippen LogP contribution is -2.43. The van der Waals surface area contributed by atoms with Crippen molar-refractivity contribution in [3.63, 3.8) is 0 Å². The summed E-state index contributed by atoms with van der Waals surface area (Å²) in [5, 5.41) is 5.15. The van der Waals surface area contributed by atoms with E-state index in [9.17, 15) is 14.0 Å². The topological polar surface area (TPSA) is 62.3 Å². The molecular formula is C18H18FN3O2S. The van der Waals surface area contributed by atoms with Gasteiger partial charge in [-0.25, -0.2) is 9.37 Å². The van der Waals surface area contributed by atoms with Gasteiger partial charge in [0.05, 0.1) is 5.69 Å². The second-order valence-electron chi connectivity index (χ2n) is 6.50. The van der Waals surface area contributed by atoms with Crippen molar-refractivity contribution in [2.75, 3.05) is 11.9 Å². The van der Waals surface area contributed by atoms with E-state index in [0.717, 1.165) is 24.8 Å². The summed E-state index contributed by atoms with van der Waals surface area (Å²) >= 11 is 1.32. The fourth-order valence-electron chi connectivity index (χ4n) is 3.14. The van der Waals surface area contributed by atoms with Crippen LogP contribution in [0.1, 0.15) is 25.7 Å². The lowest BCUT2D eigenvalue weighted by molar-refractivity contribution is -0.137. The molecule has 1 aromatic carbocycles. The Balaban J connectivity index is 1.44. The van der Waals surface area contributed by atoms with Gasteiger partial charge in [0.15, 0.2) is 5.13 Å². The number of anilines is 1. The normalized spacial score (nSPS) is 19.9. The van der Waals surface area contributed by atoms with Crippen LogP contribution >= 0.6 is 11.3 Å². The quantitative estimate of drug-likeness (QED) is 0.911. The van der Waals surface area contributed by atoms with Crippen LogP contribution in [0.4, 0.5) is 9.52 Å². The highest BCUT2D eigenvalue weighted by Gasteiger charge is 2.40. The van der Waals surface area contributed by atoms with E-state index in [0.29, 0.717) is 23.8 Å². The van der Waals surface area contributed by atoms with Crippen molar-refractivity contribution in [1.29, 1.82) is 0 Å². The van der Waals surface area contributed by atoms with Crippen LogP contribution in [0, 0.1) is 11.7 Å². The molecule has 0 radical (unpaired) electrons. The minimum absolute atomic E-state index is 0.115. The highest BCUT2D eigenvalue weighted by atomic mass is 32.1. The number of aromatic nitrogens is 1. The third-order valence-electron chi connectivity index (χ3n) is 4.64. The zero-order valence-corrected chi connectivity index (χ0v) is 14.4. The standard InChI is InChI=1S/C18H18FN3O2S/c19-13-7-5-11(6-8-13)14-10-25-18(20-14)21-16(23)15-2-1-9-22(15)17(24)12-3-4-12/h5-8,10,12,15H,1-4,9H2,(H,20,21,23)/t15-/m0/s1. The second-order valence-corrected chi connectivity index (χ2v) is 7.36. The molecule has 7 heteroatoms. The van der Waals surface area contributed by atoms with Crippen molar-refractivity contribution in [3.05, 3.63) is 35.5 Å². The van der Waals surface area contributed by atoms with Gasteiger partial charge in [-0.05, 0) is 49.9 Å². The smallest absolute Gasteiger partial charge is 0.248 e. The molecule has 2 aromatic rings. The third-order valence-corrected chi connectivity index (χ3v) is 5.40. The molecule has 5 nitrogen and oxygen atoms in total. The van der Waals surface area contributed by atoms with Gasteiger partial charge in [-0.3, -0.25) is 9.59 Å². The fourth-order valence-corrected chi connectivity index (χ4v) is 3.86. The molecule has 25 heavy (non-hydrogen) atoms. The summed E-state index contributed by atoms with van der Waals surface area (Å²) in [6.45, 7) is 0.659. The molecule has 0 unspecified atom stereocenters. The molecule has 0 spiro atoms. The zero-order valence-electron chi connectivity index (χ0n) is 13.6. The van der Waals surface area contributed by atoms with Gasteiger partial charge in [0.2, 0.25) is 11.8 Å². The Labute approximate surface area is 148 Å². The third kappa shape index (κ3) is 3.42. The summed E-state index contributed by atoms with van der Waals surface area (Å²) in [7, 11) is 0. The first-order chi connectivity index (χ1) is 12.1. The van der Waals surface area contributed by atoms with Crippen LogP contribution in [0.3, 0.4) is 0 Å². The molecule has 1 aromatic heterocycles. The number of carbonyl (C=O) groups excluding carboxylic acids is 2. The van der Waals surface area contributed by atoms with Crippen molar-refractivity contribution in [2.45, 2.75) is 31.7 Å². The van der Waals surface area contributed by atoms with Crippen LogP contribution < -0.4 is 5.32 Å². The number of hydrogen-bond acceptors (Lipinski definition) is 4. The van der Waals surface area contributed by atoms with Crippen LogP contribution in [-0.4, -0.2) is 34.3 Å². The number of benzene rings is 1. The molecule has 1 saturated heterocycles. The fraction of sp³-hybridized carbons (Fsp3) is 0.389. The van der Waals surface area contributed by atoms with Gasteiger partial charge in [0.25, 0.3) is 0 Å². The van der Waals surface area contributed by atoms with Gasteiger partial charge in [-0.15, -0.1) is 11.3 Å². The first-order valence-electron chi connectivity index (χ1n) is 8.44. The molecule has 1 N–H and O–H groups in total. The molecule has 2 heterocycles. The number of hydrogen-bond donors (Lipinski definition) is 1. The average molecular weight is 359 g/mol. The number of rotatable bonds is 4. The number of nitrogens with one attached hydrogen (secondary N) is 1. The van der Waals surface area contributed by atoms with E-state index in [2.05, 4.69) is 10.3 Å². The Morgan fingerprint density at radius 2 is 1.96 bits per heavy atom. The Hall–Kier alpha value is -2.28. The van der Waals surface area contributed by atoms with Gasteiger partial charge in [-0.1, -0.05) is 0 Å². The average Bonchev–Trinajstić information content (AvgIpc) is 3.15. The van der Waals surface area contributed by atoms with Crippen molar-refractivity contribution in [2.24, 2.45) is 5.92 Å². The molecule has 2 amide bonds. The molecular weight excluding hydrogens is 341 g/mol. The lowest BCUT2D eigenvalue weighted by atomic mass is 10.2. The monoisotopic (exact) mass is 359 g/mol. The Morgan fingerprint density at radius 3 is 2.68 bits per heavy atom. The van der Waals surface area contributed by atoms with Crippen LogP contribution in [0.25, 0.3) is 11.3 Å². The molecule has 2 fully saturated rings. The minimum atomic E-state index is -0.397. The predicted molar refractivity (Wildman–Crippen MR) is 93.6 cm³/mol. The number of nitrogens with zero attached hydrogens (tertiary/aromatic N) is 2. The molecule has 2 aliphatic rings. The number of carbonyl (C=O) groups is 2. The van der Waals surface area contributed by atoms with Gasteiger partial charge in [0.1, 0.15) is 11.9 Å². The Morgan fingerprint density at radius 1 is 1.20 bits per heavy atom. The molecule has 1 aliphatic carbocycles. The number of thiazole rings is 1. The number of amides is 2. The van der Waals surface area contributed by atoms with Crippen LogP contribution in [0.15, 0.2) is 29.6 Å². The molecule has 1 atom stereocenters. The predicted octanol–water partition coefficient (Wildman–Crippen LogP) is 3.29. The van der Waals surface area contributed by atoms with E-state index in [1.165, 1.54) is 23.5 Å². The largest absolute Gasteiger partial charge is 0.330 e. The molecule has 130 valence electrons. The van der Waals surface area contributed by atoms with Crippen LogP contribution in [0.5, 0.6) is 0 Å². The number of likely N-dealkylation sites (tertiary alicyclic amines) is 1. The van der Waals surface area contributed by atoms with E-state index >= 15 is 0 Å². The maximum absolute atomic E-state index is 13.0. The SMILES string of the molecule is O=C(Nc1nc(-c2ccc(F)cc2)cs1)[C@@H]1CCCN1C(=O)C1CC1. The first-order valence-corrected chi connectivity index (χ1v) is 9.32. The second kappa shape index (κ2) is 6.55. The highest BCUT2D eigenvalue weighted by molar-refractivity contribution is 7.14. The molecule has 1 aliphatic heterocycles. The molecule has 0 bridgehead atoms. The van der Waals surface area contributed by atoms with E-state index in [1.54, 1.807) is 17.0 Å². The van der Waals surface area contributed by atoms with Crippen LogP contribution in [0.2, 0.25) is 0 Å². The van der Waals surface area contributed by atoms with E-state index in [4.69, 9.17) is 0 Å². The molecule has 4 rings (SSSR count). The van der Waals surface area contributed by atoms with Crippen molar-refractivity contribution < 1.29 is 14.0 Å². The summed E-state index contributed by atoms with van der Waals surface area (Å²) in [6, 6.07) is 5.68. The first kappa shape index (κ1) is 16.2. The van der Waals surface area contributed by atoms with Gasteiger partial charge < -0.3 is 10.2 Å². The Kier molecular flexibility index (Phi) is 4.25.